The zero-order valence-corrected chi connectivity index (χ0v) is 9.40. The van der Waals surface area contributed by atoms with E-state index in [9.17, 15) is 4.79 Å². The molecule has 1 aromatic carbocycles. The van der Waals surface area contributed by atoms with Crippen molar-refractivity contribution < 1.29 is 9.90 Å². The topological polar surface area (TPSA) is 78.0 Å². The number of benzene rings is 1. The van der Waals surface area contributed by atoms with Crippen molar-refractivity contribution in [3.63, 3.8) is 0 Å². The number of aromatic nitrogens is 2. The summed E-state index contributed by atoms with van der Waals surface area (Å²) in [4.78, 5) is 17.9. The Morgan fingerprint density at radius 3 is 3.00 bits per heavy atom. The Labute approximate surface area is 98.5 Å². The largest absolute Gasteiger partial charge is 0.478 e. The maximum Gasteiger partial charge on any atom is 0.336 e. The fourth-order valence-corrected chi connectivity index (χ4v) is 1.63. The highest BCUT2D eigenvalue weighted by Gasteiger charge is 2.09. The molecule has 0 aliphatic rings. The van der Waals surface area contributed by atoms with E-state index in [0.717, 1.165) is 16.9 Å². The van der Waals surface area contributed by atoms with Gasteiger partial charge in [-0.1, -0.05) is 6.07 Å². The fourth-order valence-electron chi connectivity index (χ4n) is 1.63. The molecule has 0 aliphatic carbocycles. The molecule has 0 saturated carbocycles. The minimum Gasteiger partial charge on any atom is -0.478 e. The van der Waals surface area contributed by atoms with E-state index in [1.54, 1.807) is 31.6 Å². The summed E-state index contributed by atoms with van der Waals surface area (Å²) in [5.41, 5.74) is 2.82. The van der Waals surface area contributed by atoms with Crippen LogP contribution in [0, 0.1) is 6.92 Å². The Morgan fingerprint density at radius 2 is 2.35 bits per heavy atom. The second kappa shape index (κ2) is 4.69. The van der Waals surface area contributed by atoms with Gasteiger partial charge in [-0.05, 0) is 24.6 Å². The normalized spacial score (nSPS) is 10.2. The van der Waals surface area contributed by atoms with Crippen molar-refractivity contribution in [1.29, 1.82) is 0 Å². The van der Waals surface area contributed by atoms with Gasteiger partial charge < -0.3 is 15.4 Å². The van der Waals surface area contributed by atoms with Crippen LogP contribution in [0.1, 0.15) is 21.6 Å². The van der Waals surface area contributed by atoms with E-state index in [-0.39, 0.29) is 0 Å². The van der Waals surface area contributed by atoms with Gasteiger partial charge in [-0.25, -0.2) is 9.78 Å². The maximum absolute atomic E-state index is 11.0. The summed E-state index contributed by atoms with van der Waals surface area (Å²) in [5, 5.41) is 12.2. The molecule has 0 radical (unpaired) electrons. The van der Waals surface area contributed by atoms with Crippen LogP contribution >= 0.6 is 0 Å². The molecular formula is C12H13N3O2. The number of carboxylic acid groups (broad SMARTS) is 1. The van der Waals surface area contributed by atoms with Crippen LogP contribution in [0.5, 0.6) is 0 Å². The van der Waals surface area contributed by atoms with E-state index in [1.165, 1.54) is 0 Å². The monoisotopic (exact) mass is 231 g/mol. The first-order valence-corrected chi connectivity index (χ1v) is 5.22. The minimum atomic E-state index is -0.910. The van der Waals surface area contributed by atoms with Crippen LogP contribution in [-0.4, -0.2) is 21.0 Å². The molecule has 0 bridgehead atoms. The van der Waals surface area contributed by atoms with Crippen LogP contribution in [0.15, 0.2) is 30.7 Å². The van der Waals surface area contributed by atoms with Gasteiger partial charge in [-0.15, -0.1) is 0 Å². The van der Waals surface area contributed by atoms with Gasteiger partial charge in [0.25, 0.3) is 0 Å². The second-order valence-electron chi connectivity index (χ2n) is 3.71. The molecule has 0 fully saturated rings. The number of H-pyrrole nitrogens is 1. The average molecular weight is 231 g/mol. The molecule has 0 amide bonds. The molecule has 5 heteroatoms. The van der Waals surface area contributed by atoms with Gasteiger partial charge in [-0.2, -0.15) is 0 Å². The molecular weight excluding hydrogens is 218 g/mol. The van der Waals surface area contributed by atoms with Crippen LogP contribution in [0.3, 0.4) is 0 Å². The van der Waals surface area contributed by atoms with E-state index >= 15 is 0 Å². The average Bonchev–Trinajstić information content (AvgIpc) is 2.80. The van der Waals surface area contributed by atoms with Gasteiger partial charge in [0.15, 0.2) is 0 Å². The molecule has 0 spiro atoms. The number of anilines is 1. The molecule has 1 heterocycles. The lowest BCUT2D eigenvalue weighted by molar-refractivity contribution is 0.0696. The van der Waals surface area contributed by atoms with Crippen molar-refractivity contribution in [2.45, 2.75) is 13.5 Å². The molecule has 2 rings (SSSR count). The van der Waals surface area contributed by atoms with Crippen LogP contribution in [-0.2, 0) is 6.54 Å². The summed E-state index contributed by atoms with van der Waals surface area (Å²) < 4.78 is 0. The van der Waals surface area contributed by atoms with Crippen molar-refractivity contribution >= 4 is 11.7 Å². The van der Waals surface area contributed by atoms with E-state index in [4.69, 9.17) is 5.11 Å². The summed E-state index contributed by atoms with van der Waals surface area (Å²) in [7, 11) is 0. The Morgan fingerprint density at radius 1 is 1.53 bits per heavy atom. The Bertz CT molecular complexity index is 521. The van der Waals surface area contributed by atoms with Gasteiger partial charge in [0.1, 0.15) is 0 Å². The van der Waals surface area contributed by atoms with Crippen molar-refractivity contribution in [2.75, 3.05) is 5.32 Å². The summed E-state index contributed by atoms with van der Waals surface area (Å²) in [6.07, 6.45) is 3.33. The third-order valence-corrected chi connectivity index (χ3v) is 2.59. The molecule has 5 nitrogen and oxygen atoms in total. The number of carboxylic acids is 1. The van der Waals surface area contributed by atoms with Crippen molar-refractivity contribution in [3.8, 4) is 0 Å². The smallest absolute Gasteiger partial charge is 0.336 e. The molecule has 0 aliphatic heterocycles. The van der Waals surface area contributed by atoms with Gasteiger partial charge >= 0.3 is 5.97 Å². The van der Waals surface area contributed by atoms with Crippen LogP contribution in [0.4, 0.5) is 5.69 Å². The molecule has 0 saturated heterocycles. The number of hydrogen-bond acceptors (Lipinski definition) is 3. The molecule has 1 aromatic heterocycles. The number of imidazole rings is 1. The summed E-state index contributed by atoms with van der Waals surface area (Å²) in [5.74, 6) is -0.910. The number of aromatic carboxylic acids is 1. The fraction of sp³-hybridized carbons (Fsp3) is 0.167. The van der Waals surface area contributed by atoms with E-state index in [1.807, 2.05) is 6.07 Å². The highest BCUT2D eigenvalue weighted by atomic mass is 16.4. The Kier molecular flexibility index (Phi) is 3.09. The number of nitrogens with zero attached hydrogens (tertiary/aromatic N) is 1. The number of carbonyl (C=O) groups is 1. The zero-order chi connectivity index (χ0) is 12.3. The summed E-state index contributed by atoms with van der Waals surface area (Å²) >= 11 is 0. The number of nitrogens with one attached hydrogen (secondary N) is 2. The maximum atomic E-state index is 11.0. The Hall–Kier alpha value is -2.30. The van der Waals surface area contributed by atoms with Crippen molar-refractivity contribution in [3.05, 3.63) is 47.5 Å². The predicted octanol–water partition coefficient (Wildman–Crippen LogP) is 2.03. The van der Waals surface area contributed by atoms with E-state index in [2.05, 4.69) is 15.3 Å². The SMILES string of the molecule is Cc1c(NCc2cnc[nH]2)cccc1C(=O)O. The first-order chi connectivity index (χ1) is 8.18. The number of rotatable bonds is 4. The van der Waals surface area contributed by atoms with Gasteiger partial charge in [0.2, 0.25) is 0 Å². The third kappa shape index (κ3) is 2.44. The van der Waals surface area contributed by atoms with Gasteiger partial charge in [-0.3, -0.25) is 0 Å². The molecule has 88 valence electrons. The standard InChI is InChI=1S/C12H13N3O2/c1-8-10(12(16)17)3-2-4-11(8)14-6-9-5-13-7-15-9/h2-5,7,14H,6H2,1H3,(H,13,15)(H,16,17). The highest BCUT2D eigenvalue weighted by molar-refractivity contribution is 5.91. The molecule has 17 heavy (non-hydrogen) atoms. The highest BCUT2D eigenvalue weighted by Crippen LogP contribution is 2.19. The van der Waals surface area contributed by atoms with Crippen molar-refractivity contribution in [2.24, 2.45) is 0 Å². The van der Waals surface area contributed by atoms with Crippen molar-refractivity contribution in [1.82, 2.24) is 9.97 Å². The first-order valence-electron chi connectivity index (χ1n) is 5.22. The summed E-state index contributed by atoms with van der Waals surface area (Å²) in [6.45, 7) is 2.38. The quantitative estimate of drug-likeness (QED) is 0.752. The van der Waals surface area contributed by atoms with Crippen LogP contribution in [0.2, 0.25) is 0 Å². The third-order valence-electron chi connectivity index (χ3n) is 2.59. The molecule has 0 unspecified atom stereocenters. The van der Waals surface area contributed by atoms with Crippen LogP contribution in [0.25, 0.3) is 0 Å². The minimum absolute atomic E-state index is 0.319. The first kappa shape index (κ1) is 11.2. The molecule has 2 aromatic rings. The van der Waals surface area contributed by atoms with Crippen LogP contribution < -0.4 is 5.32 Å². The lowest BCUT2D eigenvalue weighted by Gasteiger charge is -2.10. The predicted molar refractivity (Wildman–Crippen MR) is 64.1 cm³/mol. The van der Waals surface area contributed by atoms with Gasteiger partial charge in [0, 0.05) is 11.9 Å². The molecule has 0 atom stereocenters. The van der Waals surface area contributed by atoms with E-state index < -0.39 is 5.97 Å². The summed E-state index contributed by atoms with van der Waals surface area (Å²) in [6, 6.07) is 5.18. The van der Waals surface area contributed by atoms with Gasteiger partial charge in [0.05, 0.1) is 24.1 Å². The zero-order valence-electron chi connectivity index (χ0n) is 9.40. The lowest BCUT2D eigenvalue weighted by Crippen LogP contribution is -2.05. The number of hydrogen-bond donors (Lipinski definition) is 3. The number of aromatic amines is 1. The second-order valence-corrected chi connectivity index (χ2v) is 3.71. The van der Waals surface area contributed by atoms with E-state index in [0.29, 0.717) is 12.1 Å². The molecule has 3 N–H and O–H groups in total. The Balaban J connectivity index is 2.16. The lowest BCUT2D eigenvalue weighted by atomic mass is 10.1.